The van der Waals surface area contributed by atoms with Gasteiger partial charge in [-0.1, -0.05) is 36.4 Å². The lowest BCUT2D eigenvalue weighted by molar-refractivity contribution is -0.137. The minimum absolute atomic E-state index is 0.186. The Labute approximate surface area is 158 Å². The molecule has 5 heteroatoms. The fourth-order valence-corrected chi connectivity index (χ4v) is 3.06. The van der Waals surface area contributed by atoms with Crippen LogP contribution in [0, 0.1) is 0 Å². The van der Waals surface area contributed by atoms with Crippen LogP contribution in [0.3, 0.4) is 0 Å². The van der Waals surface area contributed by atoms with Gasteiger partial charge < -0.3 is 14.8 Å². The number of carbonyl (C=O) groups is 1. The molecule has 1 heterocycles. The van der Waals surface area contributed by atoms with E-state index in [2.05, 4.69) is 4.98 Å². The number of aromatic amines is 1. The Kier molecular flexibility index (Phi) is 6.26. The molecule has 0 atom stereocenters. The van der Waals surface area contributed by atoms with E-state index >= 15 is 0 Å². The maximum absolute atomic E-state index is 10.7. The Morgan fingerprint density at radius 1 is 1.15 bits per heavy atom. The smallest absolute Gasteiger partial charge is 0.303 e. The second-order valence-electron chi connectivity index (χ2n) is 6.34. The number of rotatable bonds is 9. The molecule has 3 rings (SSSR count). The van der Waals surface area contributed by atoms with Gasteiger partial charge >= 0.3 is 5.97 Å². The molecule has 2 aromatic carbocycles. The van der Waals surface area contributed by atoms with Crippen LogP contribution in [0.25, 0.3) is 23.2 Å². The van der Waals surface area contributed by atoms with E-state index in [0.29, 0.717) is 13.0 Å². The van der Waals surface area contributed by atoms with Crippen molar-refractivity contribution in [3.05, 3.63) is 59.4 Å². The van der Waals surface area contributed by atoms with Gasteiger partial charge in [-0.15, -0.1) is 0 Å². The molecular formula is C22H24N2O3. The molecule has 0 radical (unpaired) electrons. The molecule has 0 amide bonds. The number of aliphatic carboxylic acids is 1. The number of carboxylic acid groups (broad SMARTS) is 1. The Morgan fingerprint density at radius 3 is 2.70 bits per heavy atom. The van der Waals surface area contributed by atoms with Gasteiger partial charge in [0.15, 0.2) is 0 Å². The van der Waals surface area contributed by atoms with Gasteiger partial charge in [-0.2, -0.15) is 0 Å². The molecule has 2 N–H and O–H groups in total. The summed E-state index contributed by atoms with van der Waals surface area (Å²) in [5, 5.41) is 8.83. The van der Waals surface area contributed by atoms with Crippen molar-refractivity contribution in [1.29, 1.82) is 0 Å². The SMILES string of the molecule is CCOc1ccc2[nH]c(/C=C/c3ccccc3)nc2c1CCCCC(=O)O. The van der Waals surface area contributed by atoms with Gasteiger partial charge in [0, 0.05) is 12.0 Å². The average Bonchev–Trinajstić information content (AvgIpc) is 3.09. The maximum atomic E-state index is 10.7. The summed E-state index contributed by atoms with van der Waals surface area (Å²) < 4.78 is 5.77. The van der Waals surface area contributed by atoms with Crippen molar-refractivity contribution in [3.63, 3.8) is 0 Å². The summed E-state index contributed by atoms with van der Waals surface area (Å²) >= 11 is 0. The molecule has 0 aliphatic carbocycles. The van der Waals surface area contributed by atoms with Crippen molar-refractivity contribution in [2.75, 3.05) is 6.61 Å². The number of nitrogens with one attached hydrogen (secondary N) is 1. The van der Waals surface area contributed by atoms with Crippen molar-refractivity contribution in [3.8, 4) is 5.75 Å². The highest BCUT2D eigenvalue weighted by atomic mass is 16.5. The Balaban J connectivity index is 1.86. The topological polar surface area (TPSA) is 75.2 Å². The van der Waals surface area contributed by atoms with Gasteiger partial charge in [-0.3, -0.25) is 4.79 Å². The van der Waals surface area contributed by atoms with Crippen molar-refractivity contribution in [1.82, 2.24) is 9.97 Å². The van der Waals surface area contributed by atoms with Crippen LogP contribution >= 0.6 is 0 Å². The molecule has 0 fully saturated rings. The van der Waals surface area contributed by atoms with Crippen molar-refractivity contribution in [2.45, 2.75) is 32.6 Å². The van der Waals surface area contributed by atoms with Gasteiger partial charge in [-0.25, -0.2) is 4.98 Å². The van der Waals surface area contributed by atoms with E-state index in [1.807, 2.05) is 61.5 Å². The number of hydrogen-bond donors (Lipinski definition) is 2. The van der Waals surface area contributed by atoms with E-state index in [-0.39, 0.29) is 6.42 Å². The zero-order valence-electron chi connectivity index (χ0n) is 15.4. The second-order valence-corrected chi connectivity index (χ2v) is 6.34. The lowest BCUT2D eigenvalue weighted by atomic mass is 10.0. The molecule has 0 saturated carbocycles. The number of unbranched alkanes of at least 4 members (excludes halogenated alkanes) is 1. The minimum atomic E-state index is -0.758. The molecule has 3 aromatic rings. The molecule has 0 aliphatic heterocycles. The summed E-state index contributed by atoms with van der Waals surface area (Å²) in [5.74, 6) is 0.853. The van der Waals surface area contributed by atoms with Crippen LogP contribution in [0.15, 0.2) is 42.5 Å². The quantitative estimate of drug-likeness (QED) is 0.528. The van der Waals surface area contributed by atoms with Gasteiger partial charge in [0.05, 0.1) is 17.6 Å². The predicted octanol–water partition coefficient (Wildman–Crippen LogP) is 4.93. The fraction of sp³-hybridized carbons (Fsp3) is 0.273. The Morgan fingerprint density at radius 2 is 1.96 bits per heavy atom. The molecular weight excluding hydrogens is 340 g/mol. The van der Waals surface area contributed by atoms with E-state index in [1.54, 1.807) is 0 Å². The van der Waals surface area contributed by atoms with Crippen molar-refractivity contribution < 1.29 is 14.6 Å². The van der Waals surface area contributed by atoms with Crippen LogP contribution in [0.1, 0.15) is 43.1 Å². The maximum Gasteiger partial charge on any atom is 0.303 e. The number of imidazole rings is 1. The van der Waals surface area contributed by atoms with Gasteiger partial charge in [0.25, 0.3) is 0 Å². The zero-order valence-corrected chi connectivity index (χ0v) is 15.4. The zero-order chi connectivity index (χ0) is 19.1. The molecule has 0 aliphatic rings. The molecule has 0 unspecified atom stereocenters. The number of H-pyrrole nitrogens is 1. The number of fused-ring (bicyclic) bond motifs is 1. The standard InChI is InChI=1S/C22H24N2O3/c1-2-27-19-14-13-18-22(17(19)10-6-7-11-21(25)26)24-20(23-18)15-12-16-8-4-3-5-9-16/h3-5,8-9,12-15H,2,6-7,10-11H2,1H3,(H,23,24)(H,25,26)/b15-12+. The lowest BCUT2D eigenvalue weighted by Gasteiger charge is -2.10. The number of ether oxygens (including phenoxy) is 1. The van der Waals surface area contributed by atoms with Crippen LogP contribution in [0.5, 0.6) is 5.75 Å². The van der Waals surface area contributed by atoms with Crippen LogP contribution in [0.4, 0.5) is 0 Å². The third-order valence-electron chi connectivity index (χ3n) is 4.34. The Bertz CT molecular complexity index is 929. The molecule has 27 heavy (non-hydrogen) atoms. The highest BCUT2D eigenvalue weighted by molar-refractivity contribution is 5.83. The first-order valence-corrected chi connectivity index (χ1v) is 9.26. The summed E-state index contributed by atoms with van der Waals surface area (Å²) in [7, 11) is 0. The number of nitrogens with zero attached hydrogens (tertiary/aromatic N) is 1. The first-order valence-electron chi connectivity index (χ1n) is 9.26. The van der Waals surface area contributed by atoms with E-state index in [0.717, 1.165) is 46.6 Å². The molecule has 0 bridgehead atoms. The van der Waals surface area contributed by atoms with Crippen LogP contribution in [-0.4, -0.2) is 27.7 Å². The number of hydrogen-bond acceptors (Lipinski definition) is 3. The summed E-state index contributed by atoms with van der Waals surface area (Å²) in [5.41, 5.74) is 4.00. The van der Waals surface area contributed by atoms with E-state index in [9.17, 15) is 4.79 Å². The van der Waals surface area contributed by atoms with Crippen molar-refractivity contribution >= 4 is 29.2 Å². The monoisotopic (exact) mass is 364 g/mol. The Hall–Kier alpha value is -3.08. The van der Waals surface area contributed by atoms with Crippen LogP contribution in [0.2, 0.25) is 0 Å². The normalized spacial score (nSPS) is 11.3. The highest BCUT2D eigenvalue weighted by Crippen LogP contribution is 2.29. The molecule has 5 nitrogen and oxygen atoms in total. The summed E-state index contributed by atoms with van der Waals surface area (Å²) in [4.78, 5) is 18.8. The summed E-state index contributed by atoms with van der Waals surface area (Å²) in [6, 6.07) is 14.0. The van der Waals surface area contributed by atoms with Crippen LogP contribution < -0.4 is 4.74 Å². The third-order valence-corrected chi connectivity index (χ3v) is 4.34. The first kappa shape index (κ1) is 18.7. The second kappa shape index (κ2) is 9.03. The fourth-order valence-electron chi connectivity index (χ4n) is 3.06. The van der Waals surface area contributed by atoms with E-state index < -0.39 is 5.97 Å². The predicted molar refractivity (Wildman–Crippen MR) is 108 cm³/mol. The van der Waals surface area contributed by atoms with E-state index in [1.165, 1.54) is 0 Å². The number of aromatic nitrogens is 2. The third kappa shape index (κ3) is 4.97. The highest BCUT2D eigenvalue weighted by Gasteiger charge is 2.13. The van der Waals surface area contributed by atoms with Crippen LogP contribution in [-0.2, 0) is 11.2 Å². The van der Waals surface area contributed by atoms with Gasteiger partial charge in [0.1, 0.15) is 11.6 Å². The average molecular weight is 364 g/mol. The molecule has 1 aromatic heterocycles. The van der Waals surface area contributed by atoms with Gasteiger partial charge in [-0.05, 0) is 50.0 Å². The van der Waals surface area contributed by atoms with Gasteiger partial charge in [0.2, 0.25) is 0 Å². The first-order chi connectivity index (χ1) is 13.2. The molecule has 140 valence electrons. The van der Waals surface area contributed by atoms with Crippen molar-refractivity contribution in [2.24, 2.45) is 0 Å². The van der Waals surface area contributed by atoms with E-state index in [4.69, 9.17) is 14.8 Å². The summed E-state index contributed by atoms with van der Waals surface area (Å²) in [6.07, 6.45) is 6.34. The summed E-state index contributed by atoms with van der Waals surface area (Å²) in [6.45, 7) is 2.54. The number of carboxylic acids is 1. The molecule has 0 saturated heterocycles. The number of benzene rings is 2. The lowest BCUT2D eigenvalue weighted by Crippen LogP contribution is -1.99. The number of aryl methyl sites for hydroxylation is 1. The minimum Gasteiger partial charge on any atom is -0.494 e. The largest absolute Gasteiger partial charge is 0.494 e. The molecule has 0 spiro atoms.